The van der Waals surface area contributed by atoms with Gasteiger partial charge in [0.15, 0.2) is 10.9 Å². The quantitative estimate of drug-likeness (QED) is 0.125. The van der Waals surface area contributed by atoms with E-state index in [4.69, 9.17) is 23.1 Å². The average Bonchev–Trinajstić information content (AvgIpc) is 3.37. The molecule has 3 aliphatic heterocycles. The third-order valence-corrected chi connectivity index (χ3v) is 16.3. The Balaban J connectivity index is 0.860. The Bertz CT molecular complexity index is 3520. The minimum atomic E-state index is -1.22. The minimum Gasteiger partial charge on any atom is -0.485 e. The molecule has 5 heterocycles. The summed E-state index contributed by atoms with van der Waals surface area (Å²) in [7, 11) is -1.22. The molecule has 10 rings (SSSR count). The van der Waals surface area contributed by atoms with Gasteiger partial charge in [0.1, 0.15) is 46.5 Å². The molecule has 0 amide bonds. The van der Waals surface area contributed by atoms with Crippen molar-refractivity contribution in [1.82, 2.24) is 0 Å². The van der Waals surface area contributed by atoms with Crippen LogP contribution in [-0.4, -0.2) is 44.5 Å². The summed E-state index contributed by atoms with van der Waals surface area (Å²) in [6, 6.07) is 20.9. The second-order valence-electron chi connectivity index (χ2n) is 21.8. The van der Waals surface area contributed by atoms with E-state index in [1.165, 1.54) is 12.3 Å². The Morgan fingerprint density at radius 3 is 1.88 bits per heavy atom. The molecule has 2 fully saturated rings. The van der Waals surface area contributed by atoms with Crippen LogP contribution in [0.1, 0.15) is 117 Å². The highest BCUT2D eigenvalue weighted by Gasteiger charge is 2.35. The summed E-state index contributed by atoms with van der Waals surface area (Å²) in [6.07, 6.45) is 4.08. The lowest BCUT2D eigenvalue weighted by atomic mass is 9.75. The Kier molecular flexibility index (Phi) is 13.6. The molecule has 0 aliphatic carbocycles. The summed E-state index contributed by atoms with van der Waals surface area (Å²) < 4.78 is 63.9. The number of oxime groups is 1. The zero-order chi connectivity index (χ0) is 52.5. The molecular weight excluding hydrogens is 1010 g/mol. The lowest BCUT2D eigenvalue weighted by molar-refractivity contribution is 0.222. The van der Waals surface area contributed by atoms with Gasteiger partial charge in [0.05, 0.1) is 38.2 Å². The van der Waals surface area contributed by atoms with Crippen molar-refractivity contribution in [3.63, 3.8) is 0 Å². The molecule has 3 aliphatic rings. The molecule has 0 radical (unpaired) electrons. The largest absolute Gasteiger partial charge is 0.583 e. The predicted octanol–water partition coefficient (Wildman–Crippen LogP) is 12.6. The van der Waals surface area contributed by atoms with Crippen LogP contribution in [0.3, 0.4) is 0 Å². The van der Waals surface area contributed by atoms with Crippen molar-refractivity contribution in [2.75, 3.05) is 36.0 Å². The number of fused-ring (bicyclic) bond motifs is 3. The number of nitrogens with zero attached hydrogens (tertiary/aromatic N) is 3. The van der Waals surface area contributed by atoms with Crippen molar-refractivity contribution in [2.45, 2.75) is 107 Å². The summed E-state index contributed by atoms with van der Waals surface area (Å²) in [4.78, 5) is 32.3. The number of rotatable bonds is 11. The summed E-state index contributed by atoms with van der Waals surface area (Å²) in [5.41, 5.74) is 7.22. The van der Waals surface area contributed by atoms with Crippen molar-refractivity contribution in [3.8, 4) is 22.6 Å². The lowest BCUT2D eigenvalue weighted by Crippen LogP contribution is -2.40. The SMILES string of the molecule is Cc1cc(C(C)Oc2ccc(CC3(C)CCN(c4oc5c(C(C)Oc6cccc(F)c6-c6ccc7c(c6)C=NOB7O)cc(C)cc5c(=O)c4C)CC3)c(F)c2Br)c2oc(N3CCC(C)(C)CC3)c(C)c(=O)c2c1. The molecule has 74 heavy (non-hydrogen) atoms. The van der Waals surface area contributed by atoms with E-state index in [1.54, 1.807) is 49.4 Å². The predicted molar refractivity (Wildman–Crippen MR) is 293 cm³/mol. The van der Waals surface area contributed by atoms with E-state index in [1.807, 2.05) is 58.9 Å². The van der Waals surface area contributed by atoms with Gasteiger partial charge in [0, 0.05) is 42.8 Å². The number of hydrogen-bond acceptors (Lipinski definition) is 11. The summed E-state index contributed by atoms with van der Waals surface area (Å²) in [5.74, 6) is 0.819. The van der Waals surface area contributed by atoms with E-state index in [2.05, 4.69) is 51.7 Å². The number of halogens is 3. The molecule has 0 spiro atoms. The van der Waals surface area contributed by atoms with Gasteiger partial charge in [0.2, 0.25) is 11.8 Å². The van der Waals surface area contributed by atoms with Gasteiger partial charge < -0.3 is 37.9 Å². The molecule has 384 valence electrons. The Labute approximate surface area is 438 Å². The van der Waals surface area contributed by atoms with Crippen LogP contribution >= 0.6 is 15.9 Å². The van der Waals surface area contributed by atoms with Crippen molar-refractivity contribution < 1.29 is 36.9 Å². The van der Waals surface area contributed by atoms with Crippen LogP contribution in [0.15, 0.2) is 101 Å². The number of anilines is 2. The maximum atomic E-state index is 16.5. The van der Waals surface area contributed by atoms with E-state index >= 15 is 8.78 Å². The van der Waals surface area contributed by atoms with E-state index in [9.17, 15) is 14.6 Å². The highest BCUT2D eigenvalue weighted by molar-refractivity contribution is 9.10. The number of benzene rings is 5. The number of piperidine rings is 2. The summed E-state index contributed by atoms with van der Waals surface area (Å²) in [6.45, 7) is 20.7. The standard InChI is InChI=1S/C59H61BBrF2N3O8/c1-32-25-41(36(5)70-47-12-10-11-46(62)49(47)38-13-15-45-40(29-38)31-64-74-60(45)69)54-43(27-32)53(68)35(4)57(73-54)66-23-19-59(9,20-24-66)30-39-14-16-48(50(61)51(39)63)71-37(6)42-26-33(2)28-44-52(67)34(3)56(72-55(42)44)65-21-17-58(7,8)18-22-65/h10-16,25-29,31,36-37,69H,17-24,30H2,1-9H3. The first-order valence-corrected chi connectivity index (χ1v) is 26.2. The fourth-order valence-corrected chi connectivity index (χ4v) is 11.5. The Morgan fingerprint density at radius 1 is 0.743 bits per heavy atom. The highest BCUT2D eigenvalue weighted by atomic mass is 79.9. The first-order valence-electron chi connectivity index (χ1n) is 25.5. The fourth-order valence-electron chi connectivity index (χ4n) is 11.0. The average molecular weight is 1070 g/mol. The second-order valence-corrected chi connectivity index (χ2v) is 22.6. The van der Waals surface area contributed by atoms with Gasteiger partial charge in [-0.25, -0.2) is 8.78 Å². The minimum absolute atomic E-state index is 0.0616. The molecule has 7 aromatic rings. The summed E-state index contributed by atoms with van der Waals surface area (Å²) >= 11 is 3.55. The molecule has 11 nitrogen and oxygen atoms in total. The van der Waals surface area contributed by atoms with Crippen LogP contribution in [0.2, 0.25) is 0 Å². The highest BCUT2D eigenvalue weighted by Crippen LogP contribution is 2.43. The summed E-state index contributed by atoms with van der Waals surface area (Å²) in [5, 5.41) is 14.9. The second kappa shape index (κ2) is 19.7. The first-order chi connectivity index (χ1) is 35.2. The third kappa shape index (κ3) is 9.62. The van der Waals surface area contributed by atoms with Gasteiger partial charge in [-0.3, -0.25) is 9.59 Å². The molecule has 2 unspecified atom stereocenters. The molecule has 5 aromatic carbocycles. The van der Waals surface area contributed by atoms with Crippen molar-refractivity contribution in [2.24, 2.45) is 16.0 Å². The van der Waals surface area contributed by atoms with Gasteiger partial charge in [-0.15, -0.1) is 5.16 Å². The van der Waals surface area contributed by atoms with E-state index < -0.39 is 31.0 Å². The van der Waals surface area contributed by atoms with Gasteiger partial charge >= 0.3 is 7.12 Å². The number of aryl methyl sites for hydroxylation is 2. The molecule has 15 heteroatoms. The van der Waals surface area contributed by atoms with Crippen LogP contribution in [0.25, 0.3) is 33.1 Å². The third-order valence-electron chi connectivity index (χ3n) is 15.6. The van der Waals surface area contributed by atoms with Crippen molar-refractivity contribution in [3.05, 3.63) is 154 Å². The van der Waals surface area contributed by atoms with E-state index in [-0.39, 0.29) is 37.5 Å². The molecular formula is C59H61BBrF2N3O8. The van der Waals surface area contributed by atoms with E-state index in [0.717, 1.165) is 37.1 Å². The van der Waals surface area contributed by atoms with Gasteiger partial charge in [-0.2, -0.15) is 0 Å². The maximum Gasteiger partial charge on any atom is 0.583 e. The normalized spacial score (nSPS) is 17.1. The zero-order valence-corrected chi connectivity index (χ0v) is 45.0. The number of ether oxygens (including phenoxy) is 2. The zero-order valence-electron chi connectivity index (χ0n) is 43.4. The monoisotopic (exact) mass is 1070 g/mol. The lowest BCUT2D eigenvalue weighted by Gasteiger charge is -2.40. The fraction of sp³-hybridized carbons (Fsp3) is 0.373. The van der Waals surface area contributed by atoms with Gasteiger partial charge in [0.25, 0.3) is 0 Å². The van der Waals surface area contributed by atoms with Crippen LogP contribution < -0.4 is 35.6 Å². The number of hydrogen-bond donors (Lipinski definition) is 1. The Hall–Kier alpha value is -6.45. The molecule has 2 aromatic heterocycles. The van der Waals surface area contributed by atoms with Crippen LogP contribution in [0.4, 0.5) is 20.5 Å². The molecule has 2 atom stereocenters. The Morgan fingerprint density at radius 2 is 1.30 bits per heavy atom. The van der Waals surface area contributed by atoms with Crippen LogP contribution in [0, 0.1) is 50.2 Å². The van der Waals surface area contributed by atoms with E-state index in [0.29, 0.717) is 116 Å². The van der Waals surface area contributed by atoms with Crippen LogP contribution in [0.5, 0.6) is 11.5 Å². The molecule has 0 saturated carbocycles. The first kappa shape index (κ1) is 51.1. The molecule has 2 saturated heterocycles. The maximum absolute atomic E-state index is 16.5. The van der Waals surface area contributed by atoms with Gasteiger partial charge in [-0.1, -0.05) is 45.0 Å². The van der Waals surface area contributed by atoms with Gasteiger partial charge in [-0.05, 0) is 177 Å². The van der Waals surface area contributed by atoms with Crippen LogP contribution in [-0.2, 0) is 11.2 Å². The smallest absolute Gasteiger partial charge is 0.485 e. The topological polar surface area (TPSA) is 127 Å². The van der Waals surface area contributed by atoms with Crippen molar-refractivity contribution >= 4 is 68.4 Å². The molecule has 1 N–H and O–H groups in total. The van der Waals surface area contributed by atoms with Crippen molar-refractivity contribution in [1.29, 1.82) is 0 Å². The molecule has 0 bridgehead atoms.